The van der Waals surface area contributed by atoms with Crippen LogP contribution in [0.3, 0.4) is 0 Å². The molecule has 0 spiro atoms. The summed E-state index contributed by atoms with van der Waals surface area (Å²) in [6, 6.07) is 50.1. The Bertz CT molecular complexity index is 1950. The molecule has 0 radical (unpaired) electrons. The Hall–Kier alpha value is -5.41. The molecular formula is C37H25N3. The van der Waals surface area contributed by atoms with Crippen LogP contribution in [0.2, 0.25) is 0 Å². The summed E-state index contributed by atoms with van der Waals surface area (Å²) in [5.74, 6) is 0.684. The molecule has 0 aliphatic rings. The van der Waals surface area contributed by atoms with Crippen molar-refractivity contribution in [3.05, 3.63) is 152 Å². The van der Waals surface area contributed by atoms with E-state index in [0.717, 1.165) is 50.3 Å². The van der Waals surface area contributed by atoms with E-state index in [1.165, 1.54) is 10.9 Å². The number of nitrogens with zero attached hydrogens (tertiary/aromatic N) is 3. The summed E-state index contributed by atoms with van der Waals surface area (Å²) in [6.07, 6.45) is 1.93. The molecule has 0 bridgehead atoms. The highest BCUT2D eigenvalue weighted by atomic mass is 14.9. The van der Waals surface area contributed by atoms with Gasteiger partial charge in [0.2, 0.25) is 0 Å². The van der Waals surface area contributed by atoms with Crippen LogP contribution >= 0.6 is 0 Å². The van der Waals surface area contributed by atoms with Gasteiger partial charge in [0.25, 0.3) is 0 Å². The molecule has 40 heavy (non-hydrogen) atoms. The Morgan fingerprint density at radius 2 is 0.850 bits per heavy atom. The second kappa shape index (κ2) is 10.4. The molecule has 7 rings (SSSR count). The monoisotopic (exact) mass is 511 g/mol. The third-order valence-electron chi connectivity index (χ3n) is 7.11. The Morgan fingerprint density at radius 3 is 1.60 bits per heavy atom. The van der Waals surface area contributed by atoms with Crippen LogP contribution in [0.5, 0.6) is 0 Å². The molecule has 0 aliphatic carbocycles. The number of hydrogen-bond acceptors (Lipinski definition) is 3. The maximum Gasteiger partial charge on any atom is 0.160 e. The van der Waals surface area contributed by atoms with Crippen molar-refractivity contribution >= 4 is 10.8 Å². The summed E-state index contributed by atoms with van der Waals surface area (Å²) in [5.41, 5.74) is 9.12. The first-order valence-corrected chi connectivity index (χ1v) is 13.4. The highest BCUT2D eigenvalue weighted by Crippen LogP contribution is 2.31. The van der Waals surface area contributed by atoms with Crippen molar-refractivity contribution in [1.29, 1.82) is 0 Å². The molecule has 188 valence electrons. The standard InChI is InChI=1S/C37H25N3/c1-3-11-26(12-4-1)28-17-9-19-31(21-28)36-24-35(27-13-5-2-6-14-27)39-37(40-36)32-20-10-18-30(22-32)34-23-29-15-7-8-16-33(29)25-38-34/h1-25H. The summed E-state index contributed by atoms with van der Waals surface area (Å²) in [4.78, 5) is 14.9. The van der Waals surface area contributed by atoms with E-state index in [-0.39, 0.29) is 0 Å². The normalized spacial score (nSPS) is 11.0. The third-order valence-corrected chi connectivity index (χ3v) is 7.11. The van der Waals surface area contributed by atoms with Crippen molar-refractivity contribution in [2.24, 2.45) is 0 Å². The first-order valence-electron chi connectivity index (χ1n) is 13.4. The van der Waals surface area contributed by atoms with Gasteiger partial charge in [0, 0.05) is 33.8 Å². The topological polar surface area (TPSA) is 38.7 Å². The lowest BCUT2D eigenvalue weighted by Crippen LogP contribution is -1.96. The zero-order valence-corrected chi connectivity index (χ0v) is 21.8. The van der Waals surface area contributed by atoms with E-state index in [0.29, 0.717) is 5.82 Å². The zero-order chi connectivity index (χ0) is 26.7. The van der Waals surface area contributed by atoms with Crippen LogP contribution in [0.15, 0.2) is 152 Å². The van der Waals surface area contributed by atoms with E-state index in [9.17, 15) is 0 Å². The minimum absolute atomic E-state index is 0.684. The minimum Gasteiger partial charge on any atom is -0.256 e. The molecular weight excluding hydrogens is 486 g/mol. The molecule has 0 saturated heterocycles. The van der Waals surface area contributed by atoms with Crippen molar-refractivity contribution < 1.29 is 0 Å². The third kappa shape index (κ3) is 4.77. The summed E-state index contributed by atoms with van der Waals surface area (Å²) in [5, 5.41) is 2.30. The first kappa shape index (κ1) is 23.7. The van der Waals surface area contributed by atoms with E-state index in [1.807, 2.05) is 36.5 Å². The Labute approximate surface area is 233 Å². The van der Waals surface area contributed by atoms with Crippen LogP contribution in [0.1, 0.15) is 0 Å². The number of pyridine rings is 1. The largest absolute Gasteiger partial charge is 0.256 e. The van der Waals surface area contributed by atoms with E-state index in [4.69, 9.17) is 15.0 Å². The molecule has 0 unspecified atom stereocenters. The van der Waals surface area contributed by atoms with Gasteiger partial charge in [-0.25, -0.2) is 9.97 Å². The van der Waals surface area contributed by atoms with Crippen molar-refractivity contribution in [1.82, 2.24) is 15.0 Å². The number of rotatable bonds is 5. The summed E-state index contributed by atoms with van der Waals surface area (Å²) in [7, 11) is 0. The molecule has 3 heteroatoms. The molecule has 0 N–H and O–H groups in total. The Morgan fingerprint density at radius 1 is 0.325 bits per heavy atom. The predicted molar refractivity (Wildman–Crippen MR) is 165 cm³/mol. The van der Waals surface area contributed by atoms with Gasteiger partial charge in [0.15, 0.2) is 5.82 Å². The zero-order valence-electron chi connectivity index (χ0n) is 21.8. The van der Waals surface area contributed by atoms with Crippen molar-refractivity contribution in [3.63, 3.8) is 0 Å². The molecule has 2 aromatic heterocycles. The average Bonchev–Trinajstić information content (AvgIpc) is 3.05. The van der Waals surface area contributed by atoms with Gasteiger partial charge < -0.3 is 0 Å². The maximum atomic E-state index is 5.09. The van der Waals surface area contributed by atoms with Gasteiger partial charge in [0.1, 0.15) is 0 Å². The van der Waals surface area contributed by atoms with Crippen LogP contribution in [0.4, 0.5) is 0 Å². The number of fused-ring (bicyclic) bond motifs is 1. The quantitative estimate of drug-likeness (QED) is 0.231. The second-order valence-corrected chi connectivity index (χ2v) is 9.77. The van der Waals surface area contributed by atoms with E-state index < -0.39 is 0 Å². The lowest BCUT2D eigenvalue weighted by molar-refractivity contribution is 1.18. The van der Waals surface area contributed by atoms with Crippen LogP contribution in [-0.4, -0.2) is 15.0 Å². The summed E-state index contributed by atoms with van der Waals surface area (Å²) in [6.45, 7) is 0. The number of hydrogen-bond donors (Lipinski definition) is 0. The fourth-order valence-corrected chi connectivity index (χ4v) is 5.03. The van der Waals surface area contributed by atoms with Gasteiger partial charge in [-0.05, 0) is 40.8 Å². The van der Waals surface area contributed by atoms with Gasteiger partial charge in [-0.3, -0.25) is 4.98 Å². The Balaban J connectivity index is 1.35. The fraction of sp³-hybridized carbons (Fsp3) is 0. The molecule has 3 nitrogen and oxygen atoms in total. The molecule has 0 atom stereocenters. The van der Waals surface area contributed by atoms with Crippen molar-refractivity contribution in [2.75, 3.05) is 0 Å². The summed E-state index contributed by atoms with van der Waals surface area (Å²) < 4.78 is 0. The summed E-state index contributed by atoms with van der Waals surface area (Å²) >= 11 is 0. The molecule has 0 saturated carbocycles. The molecule has 2 heterocycles. The molecule has 7 aromatic rings. The van der Waals surface area contributed by atoms with Crippen molar-refractivity contribution in [3.8, 4) is 56.3 Å². The van der Waals surface area contributed by atoms with Gasteiger partial charge in [-0.15, -0.1) is 0 Å². The number of benzene rings is 5. The highest BCUT2D eigenvalue weighted by Gasteiger charge is 2.13. The first-order chi connectivity index (χ1) is 19.8. The lowest BCUT2D eigenvalue weighted by atomic mass is 10.0. The van der Waals surface area contributed by atoms with Gasteiger partial charge in [-0.2, -0.15) is 0 Å². The predicted octanol–water partition coefficient (Wildman–Crippen LogP) is 9.36. The Kier molecular flexibility index (Phi) is 6.15. The fourth-order valence-electron chi connectivity index (χ4n) is 5.03. The maximum absolute atomic E-state index is 5.09. The van der Waals surface area contributed by atoms with Crippen LogP contribution in [0.25, 0.3) is 67.1 Å². The molecule has 0 aliphatic heterocycles. The lowest BCUT2D eigenvalue weighted by Gasteiger charge is -2.11. The highest BCUT2D eigenvalue weighted by molar-refractivity contribution is 5.85. The minimum atomic E-state index is 0.684. The van der Waals surface area contributed by atoms with E-state index in [1.54, 1.807) is 0 Å². The van der Waals surface area contributed by atoms with Crippen LogP contribution in [0, 0.1) is 0 Å². The molecule has 5 aromatic carbocycles. The average molecular weight is 512 g/mol. The number of aromatic nitrogens is 3. The van der Waals surface area contributed by atoms with Gasteiger partial charge in [-0.1, -0.05) is 121 Å². The van der Waals surface area contributed by atoms with Crippen molar-refractivity contribution in [2.45, 2.75) is 0 Å². The molecule has 0 fully saturated rings. The van der Waals surface area contributed by atoms with Gasteiger partial charge >= 0.3 is 0 Å². The van der Waals surface area contributed by atoms with E-state index in [2.05, 4.69) is 115 Å². The van der Waals surface area contributed by atoms with Crippen LogP contribution in [-0.2, 0) is 0 Å². The van der Waals surface area contributed by atoms with Crippen LogP contribution < -0.4 is 0 Å². The van der Waals surface area contributed by atoms with Gasteiger partial charge in [0.05, 0.1) is 17.1 Å². The second-order valence-electron chi connectivity index (χ2n) is 9.77. The SMILES string of the molecule is c1ccc(-c2cccc(-c3cc(-c4ccccc4)nc(-c4cccc(-c5cc6ccccc6cn5)c4)n3)c2)cc1. The smallest absolute Gasteiger partial charge is 0.160 e. The van der Waals surface area contributed by atoms with E-state index >= 15 is 0 Å². The molecule has 0 amide bonds.